The summed E-state index contributed by atoms with van der Waals surface area (Å²) in [5.41, 5.74) is -0.0394. The molecule has 4 aromatic rings. The molecule has 210 valence electrons. The maximum atomic E-state index is 13.9. The summed E-state index contributed by atoms with van der Waals surface area (Å²) in [4.78, 5) is 55.0. The highest BCUT2D eigenvalue weighted by Gasteiger charge is 2.58. The number of halogens is 3. The van der Waals surface area contributed by atoms with E-state index in [4.69, 9.17) is 0 Å². The van der Waals surface area contributed by atoms with E-state index in [9.17, 15) is 32.3 Å². The van der Waals surface area contributed by atoms with Gasteiger partial charge in [-0.25, -0.2) is 4.90 Å². The van der Waals surface area contributed by atoms with Crippen molar-refractivity contribution in [2.75, 3.05) is 10.2 Å². The van der Waals surface area contributed by atoms with Crippen molar-refractivity contribution in [1.29, 1.82) is 0 Å². The molecule has 2 aliphatic rings. The number of nitrogens with one attached hydrogen (secondary N) is 1. The van der Waals surface area contributed by atoms with Gasteiger partial charge in [0, 0.05) is 21.4 Å². The smallest absolute Gasteiger partial charge is 0.325 e. The van der Waals surface area contributed by atoms with Crippen LogP contribution in [0.25, 0.3) is 0 Å². The molecule has 41 heavy (non-hydrogen) atoms. The Bertz CT molecular complexity index is 1730. The van der Waals surface area contributed by atoms with Crippen molar-refractivity contribution < 1.29 is 27.6 Å². The average molecular weight is 616 g/mol. The quantitative estimate of drug-likeness (QED) is 0.290. The Morgan fingerprint density at radius 2 is 1.71 bits per heavy atom. The SMILES string of the molecule is Cc1ccc(NC(=O)Cn2c3c(sc2=O)[C@H](c2cccs2)C2C(=O)N(c4ccccc4C(F)(F)F)C(=O)C2S3)cc1. The van der Waals surface area contributed by atoms with E-state index in [1.54, 1.807) is 29.6 Å². The summed E-state index contributed by atoms with van der Waals surface area (Å²) >= 11 is 3.16. The first kappa shape index (κ1) is 27.5. The molecule has 1 fully saturated rings. The minimum absolute atomic E-state index is 0.331. The third-order valence-corrected chi connectivity index (χ3v) is 10.5. The zero-order chi connectivity index (χ0) is 29.1. The average Bonchev–Trinajstić information content (AvgIpc) is 3.62. The number of thiophene rings is 1. The van der Waals surface area contributed by atoms with Crippen LogP contribution in [0.15, 0.2) is 75.9 Å². The molecule has 2 aliphatic heterocycles. The number of aryl methyl sites for hydroxylation is 1. The van der Waals surface area contributed by atoms with Gasteiger partial charge in [0.1, 0.15) is 11.8 Å². The van der Waals surface area contributed by atoms with Crippen molar-refractivity contribution >= 4 is 63.5 Å². The minimum atomic E-state index is -4.78. The molecule has 0 saturated carbocycles. The number of aromatic nitrogens is 1. The van der Waals surface area contributed by atoms with Crippen LogP contribution in [-0.4, -0.2) is 27.5 Å². The Hall–Kier alpha value is -3.68. The molecule has 0 aliphatic carbocycles. The number of amides is 3. The lowest BCUT2D eigenvalue weighted by Gasteiger charge is -2.29. The van der Waals surface area contributed by atoms with Crippen molar-refractivity contribution in [3.05, 3.63) is 96.6 Å². The molecule has 1 saturated heterocycles. The van der Waals surface area contributed by atoms with E-state index in [-0.39, 0.29) is 6.54 Å². The maximum absolute atomic E-state index is 13.9. The Morgan fingerprint density at radius 3 is 2.39 bits per heavy atom. The first-order valence-corrected chi connectivity index (χ1v) is 15.0. The van der Waals surface area contributed by atoms with Crippen LogP contribution in [0.1, 0.15) is 26.8 Å². The lowest BCUT2D eigenvalue weighted by Crippen LogP contribution is -2.33. The van der Waals surface area contributed by atoms with Gasteiger partial charge in [0.25, 0.3) is 0 Å². The number of alkyl halides is 3. The molecule has 0 bridgehead atoms. The van der Waals surface area contributed by atoms with Crippen LogP contribution in [0, 0.1) is 12.8 Å². The second-order valence-electron chi connectivity index (χ2n) is 9.62. The number of thiazole rings is 1. The van der Waals surface area contributed by atoms with Crippen molar-refractivity contribution in [1.82, 2.24) is 4.57 Å². The highest BCUT2D eigenvalue weighted by molar-refractivity contribution is 8.00. The van der Waals surface area contributed by atoms with Crippen LogP contribution >= 0.6 is 34.4 Å². The van der Waals surface area contributed by atoms with Gasteiger partial charge in [0.15, 0.2) is 0 Å². The minimum Gasteiger partial charge on any atom is -0.325 e. The van der Waals surface area contributed by atoms with Crippen LogP contribution in [0.5, 0.6) is 0 Å². The van der Waals surface area contributed by atoms with Gasteiger partial charge in [-0.1, -0.05) is 59.0 Å². The van der Waals surface area contributed by atoms with Gasteiger partial charge < -0.3 is 5.32 Å². The van der Waals surface area contributed by atoms with Gasteiger partial charge in [-0.15, -0.1) is 11.3 Å². The van der Waals surface area contributed by atoms with Crippen LogP contribution in [0.3, 0.4) is 0 Å². The molecule has 0 spiro atoms. The summed E-state index contributed by atoms with van der Waals surface area (Å²) in [7, 11) is 0. The van der Waals surface area contributed by atoms with E-state index in [0.717, 1.165) is 40.8 Å². The molecule has 1 N–H and O–H groups in total. The predicted octanol–water partition coefficient (Wildman–Crippen LogP) is 5.73. The molecule has 7 nitrogen and oxygen atoms in total. The fraction of sp³-hybridized carbons (Fsp3) is 0.214. The van der Waals surface area contributed by atoms with Gasteiger partial charge >= 0.3 is 11.0 Å². The standard InChI is InChI=1S/C28H20F3N3O4S3/c1-14-8-10-15(11-9-14)32-19(35)13-33-26-23(41-27(33)38)20(18-7-4-12-39-18)21-22(40-26)25(37)34(24(21)36)17-6-3-2-5-16(17)28(29,30)31/h2-12,20-22H,13H2,1H3,(H,32,35)/t20-,21?,22?/m1/s1. The Balaban J connectivity index is 1.40. The number of hydrogen-bond donors (Lipinski definition) is 1. The summed E-state index contributed by atoms with van der Waals surface area (Å²) in [5, 5.41) is 3.83. The van der Waals surface area contributed by atoms with E-state index in [0.29, 0.717) is 25.4 Å². The number of thioether (sulfide) groups is 1. The highest BCUT2D eigenvalue weighted by Crippen LogP contribution is 2.55. The summed E-state index contributed by atoms with van der Waals surface area (Å²) in [6.45, 7) is 1.58. The van der Waals surface area contributed by atoms with Crippen LogP contribution < -0.4 is 15.1 Å². The fourth-order valence-electron chi connectivity index (χ4n) is 5.16. The van der Waals surface area contributed by atoms with Gasteiger partial charge in [0.05, 0.1) is 22.2 Å². The van der Waals surface area contributed by atoms with Crippen LogP contribution in [0.4, 0.5) is 24.5 Å². The van der Waals surface area contributed by atoms with Crippen LogP contribution in [0.2, 0.25) is 0 Å². The third kappa shape index (κ3) is 4.81. The first-order chi connectivity index (χ1) is 19.5. The number of carbonyl (C=O) groups is 3. The predicted molar refractivity (Wildman–Crippen MR) is 152 cm³/mol. The van der Waals surface area contributed by atoms with Crippen molar-refractivity contribution in [2.24, 2.45) is 5.92 Å². The number of rotatable bonds is 5. The number of para-hydroxylation sites is 1. The highest BCUT2D eigenvalue weighted by atomic mass is 32.2. The normalized spacial score (nSPS) is 20.2. The number of benzene rings is 2. The van der Waals surface area contributed by atoms with Gasteiger partial charge in [-0.05, 0) is 42.6 Å². The molecule has 4 heterocycles. The molecule has 3 amide bonds. The van der Waals surface area contributed by atoms with Crippen molar-refractivity contribution in [3.8, 4) is 0 Å². The lowest BCUT2D eigenvalue weighted by molar-refractivity contribution is -0.137. The molecular weight excluding hydrogens is 596 g/mol. The van der Waals surface area contributed by atoms with E-state index < -0.39 is 57.1 Å². The topological polar surface area (TPSA) is 88.5 Å². The number of fused-ring (bicyclic) bond motifs is 2. The molecule has 2 aromatic carbocycles. The van der Waals surface area contributed by atoms with Crippen molar-refractivity contribution in [2.45, 2.75) is 35.8 Å². The Kier molecular flexibility index (Phi) is 6.91. The lowest BCUT2D eigenvalue weighted by atomic mass is 9.87. The molecular formula is C28H20F3N3O4S3. The largest absolute Gasteiger partial charge is 0.418 e. The van der Waals surface area contributed by atoms with E-state index >= 15 is 0 Å². The Morgan fingerprint density at radius 1 is 0.976 bits per heavy atom. The number of nitrogens with zero attached hydrogens (tertiary/aromatic N) is 2. The summed E-state index contributed by atoms with van der Waals surface area (Å²) in [6, 6.07) is 15.2. The monoisotopic (exact) mass is 615 g/mol. The summed E-state index contributed by atoms with van der Waals surface area (Å²) in [6.07, 6.45) is -4.78. The second kappa shape index (κ2) is 10.3. The fourth-order valence-corrected chi connectivity index (χ4v) is 8.88. The zero-order valence-corrected chi connectivity index (χ0v) is 23.6. The second-order valence-corrected chi connectivity index (χ2v) is 12.7. The summed E-state index contributed by atoms with van der Waals surface area (Å²) in [5.74, 6) is -3.75. The van der Waals surface area contributed by atoms with Crippen molar-refractivity contribution in [3.63, 3.8) is 0 Å². The third-order valence-electron chi connectivity index (χ3n) is 6.99. The van der Waals surface area contributed by atoms with E-state index in [1.807, 2.05) is 19.1 Å². The van der Waals surface area contributed by atoms with Gasteiger partial charge in [-0.3, -0.25) is 23.7 Å². The number of hydrogen-bond acceptors (Lipinski definition) is 7. The number of imide groups is 1. The number of carbonyl (C=O) groups excluding carboxylic acids is 3. The van der Waals surface area contributed by atoms with Gasteiger partial charge in [0.2, 0.25) is 17.7 Å². The summed E-state index contributed by atoms with van der Waals surface area (Å²) < 4.78 is 42.9. The number of anilines is 2. The molecule has 3 atom stereocenters. The van der Waals surface area contributed by atoms with E-state index in [1.165, 1.54) is 28.0 Å². The molecule has 6 rings (SSSR count). The van der Waals surface area contributed by atoms with Crippen LogP contribution in [-0.2, 0) is 27.1 Å². The molecule has 2 unspecified atom stereocenters. The van der Waals surface area contributed by atoms with Gasteiger partial charge in [-0.2, -0.15) is 13.2 Å². The molecule has 2 aromatic heterocycles. The van der Waals surface area contributed by atoms with E-state index in [2.05, 4.69) is 5.32 Å². The molecule has 0 radical (unpaired) electrons. The first-order valence-electron chi connectivity index (χ1n) is 12.4. The molecule has 13 heteroatoms. The zero-order valence-electron chi connectivity index (χ0n) is 21.2. The maximum Gasteiger partial charge on any atom is 0.418 e. The Labute approximate surface area is 243 Å².